The minimum absolute atomic E-state index is 0.0809. The monoisotopic (exact) mass is 302 g/mol. The predicted molar refractivity (Wildman–Crippen MR) is 84.0 cm³/mol. The van der Waals surface area contributed by atoms with Crippen molar-refractivity contribution in [2.45, 2.75) is 58.2 Å². The van der Waals surface area contributed by atoms with Gasteiger partial charge in [-0.05, 0) is 61.5 Å². The Morgan fingerprint density at radius 2 is 1.95 bits per heavy atom. The maximum absolute atomic E-state index is 11.7. The number of fused-ring (bicyclic) bond motifs is 5. The minimum atomic E-state index is -0.398. The molecule has 3 saturated carbocycles. The highest BCUT2D eigenvalue weighted by molar-refractivity contribution is 6.01. The van der Waals surface area contributed by atoms with E-state index in [-0.39, 0.29) is 28.6 Å². The molecule has 0 bridgehead atoms. The smallest absolute Gasteiger partial charge is 0.178 e. The number of carbonyl (C=O) groups excluding carboxylic acids is 1. The molecule has 0 spiro atoms. The number of hydrogen-bond donors (Lipinski definition) is 2. The zero-order valence-corrected chi connectivity index (χ0v) is 13.5. The van der Waals surface area contributed by atoms with Crippen LogP contribution in [-0.2, 0) is 4.79 Å². The second-order valence-electron chi connectivity index (χ2n) is 8.39. The van der Waals surface area contributed by atoms with Gasteiger partial charge in [0.2, 0.25) is 0 Å². The van der Waals surface area contributed by atoms with E-state index in [1.54, 1.807) is 12.2 Å². The Morgan fingerprint density at radius 3 is 2.73 bits per heavy atom. The number of aliphatic hydroxyl groups excluding tert-OH is 2. The molecule has 4 rings (SSSR count). The third-order valence-electron chi connectivity index (χ3n) is 7.44. The summed E-state index contributed by atoms with van der Waals surface area (Å²) < 4.78 is 0. The predicted octanol–water partition coefficient (Wildman–Crippen LogP) is 2.63. The van der Waals surface area contributed by atoms with Gasteiger partial charge >= 0.3 is 0 Å². The van der Waals surface area contributed by atoms with Crippen LogP contribution < -0.4 is 0 Å². The number of allylic oxidation sites excluding steroid dienone is 4. The topological polar surface area (TPSA) is 57.5 Å². The molecule has 3 heteroatoms. The molecule has 7 unspecified atom stereocenters. The van der Waals surface area contributed by atoms with E-state index >= 15 is 0 Å². The van der Waals surface area contributed by atoms with Crippen LogP contribution in [0, 0.1) is 28.6 Å². The second-order valence-corrected chi connectivity index (χ2v) is 8.39. The van der Waals surface area contributed by atoms with Gasteiger partial charge < -0.3 is 10.2 Å². The van der Waals surface area contributed by atoms with E-state index in [1.165, 1.54) is 5.57 Å². The lowest BCUT2D eigenvalue weighted by molar-refractivity contribution is -0.129. The number of hydrogen-bond acceptors (Lipinski definition) is 3. The van der Waals surface area contributed by atoms with Gasteiger partial charge in [0.15, 0.2) is 5.78 Å². The summed E-state index contributed by atoms with van der Waals surface area (Å²) in [6.45, 7) is 4.36. The van der Waals surface area contributed by atoms with Gasteiger partial charge in [-0.3, -0.25) is 4.79 Å². The average molecular weight is 302 g/mol. The Bertz CT molecular complexity index is 577. The molecule has 3 fully saturated rings. The molecule has 2 N–H and O–H groups in total. The van der Waals surface area contributed by atoms with E-state index in [2.05, 4.69) is 13.8 Å². The maximum Gasteiger partial charge on any atom is 0.178 e. The summed E-state index contributed by atoms with van der Waals surface area (Å²) >= 11 is 0. The first kappa shape index (κ1) is 14.6. The Hall–Kier alpha value is -0.930. The lowest BCUT2D eigenvalue weighted by atomic mass is 9.47. The molecule has 3 nitrogen and oxygen atoms in total. The maximum atomic E-state index is 11.7. The molecule has 0 aromatic heterocycles. The van der Waals surface area contributed by atoms with E-state index in [9.17, 15) is 15.0 Å². The van der Waals surface area contributed by atoms with Crippen LogP contribution in [0.4, 0.5) is 0 Å². The van der Waals surface area contributed by atoms with Crippen molar-refractivity contribution in [2.24, 2.45) is 28.6 Å². The normalized spacial score (nSPS) is 53.5. The number of aliphatic hydroxyl groups is 2. The van der Waals surface area contributed by atoms with Gasteiger partial charge in [0.25, 0.3) is 0 Å². The van der Waals surface area contributed by atoms with Crippen molar-refractivity contribution in [3.63, 3.8) is 0 Å². The molecule has 0 heterocycles. The number of ketones is 1. The lowest BCUT2D eigenvalue weighted by Crippen LogP contribution is -2.56. The van der Waals surface area contributed by atoms with Crippen LogP contribution in [0.1, 0.15) is 46.0 Å². The second kappa shape index (κ2) is 4.55. The molecule has 0 amide bonds. The Labute approximate surface area is 132 Å². The summed E-state index contributed by atoms with van der Waals surface area (Å²) in [5, 5.41) is 21.4. The standard InChI is InChI=1S/C19H26O3/c1-18-8-7-12(20)9-11(18)3-4-13-14-5-6-16(22)19(14,2)10-15(21)17(13)18/h7-9,13-17,21-22H,3-6,10H2,1-2H3. The minimum Gasteiger partial charge on any atom is -0.393 e. The third-order valence-corrected chi connectivity index (χ3v) is 7.44. The van der Waals surface area contributed by atoms with E-state index < -0.39 is 6.10 Å². The van der Waals surface area contributed by atoms with Gasteiger partial charge in [-0.2, -0.15) is 0 Å². The molecule has 0 radical (unpaired) electrons. The number of carbonyl (C=O) groups is 1. The molecule has 120 valence electrons. The van der Waals surface area contributed by atoms with Crippen LogP contribution in [0.15, 0.2) is 23.8 Å². The van der Waals surface area contributed by atoms with Gasteiger partial charge in [0.1, 0.15) is 0 Å². The molecule has 0 aliphatic heterocycles. The van der Waals surface area contributed by atoms with E-state index in [0.717, 1.165) is 25.7 Å². The summed E-state index contributed by atoms with van der Waals surface area (Å²) in [6.07, 6.45) is 9.44. The van der Waals surface area contributed by atoms with Crippen LogP contribution in [0.5, 0.6) is 0 Å². The lowest BCUT2D eigenvalue weighted by Gasteiger charge is -2.58. The quantitative estimate of drug-likeness (QED) is 0.723. The van der Waals surface area contributed by atoms with Gasteiger partial charge in [-0.15, -0.1) is 0 Å². The molecule has 4 aliphatic carbocycles. The zero-order valence-electron chi connectivity index (χ0n) is 13.5. The van der Waals surface area contributed by atoms with Crippen LogP contribution in [0.3, 0.4) is 0 Å². The third kappa shape index (κ3) is 1.73. The highest BCUT2D eigenvalue weighted by Gasteiger charge is 2.61. The van der Waals surface area contributed by atoms with Crippen LogP contribution in [-0.4, -0.2) is 28.2 Å². The van der Waals surface area contributed by atoms with Crippen LogP contribution in [0.25, 0.3) is 0 Å². The van der Waals surface area contributed by atoms with Gasteiger partial charge in [-0.25, -0.2) is 0 Å². The summed E-state index contributed by atoms with van der Waals surface area (Å²) in [4.78, 5) is 11.7. The fourth-order valence-corrected chi connectivity index (χ4v) is 6.30. The van der Waals surface area contributed by atoms with Gasteiger partial charge in [0.05, 0.1) is 12.2 Å². The van der Waals surface area contributed by atoms with Gasteiger partial charge in [-0.1, -0.05) is 25.5 Å². The van der Waals surface area contributed by atoms with Crippen molar-refractivity contribution in [3.8, 4) is 0 Å². The summed E-state index contributed by atoms with van der Waals surface area (Å²) in [5.74, 6) is 1.21. The van der Waals surface area contributed by atoms with Crippen molar-refractivity contribution < 1.29 is 15.0 Å². The summed E-state index contributed by atoms with van der Waals surface area (Å²) in [6, 6.07) is 0. The molecule has 4 aliphatic rings. The van der Waals surface area contributed by atoms with Crippen molar-refractivity contribution in [3.05, 3.63) is 23.8 Å². The average Bonchev–Trinajstić information content (AvgIpc) is 2.75. The highest BCUT2D eigenvalue weighted by Crippen LogP contribution is 2.64. The molecular formula is C19H26O3. The first-order chi connectivity index (χ1) is 10.4. The fraction of sp³-hybridized carbons (Fsp3) is 0.737. The van der Waals surface area contributed by atoms with E-state index in [1.807, 2.05) is 6.08 Å². The largest absolute Gasteiger partial charge is 0.393 e. The first-order valence-electron chi connectivity index (χ1n) is 8.66. The van der Waals surface area contributed by atoms with E-state index in [4.69, 9.17) is 0 Å². The van der Waals surface area contributed by atoms with Crippen molar-refractivity contribution in [1.29, 1.82) is 0 Å². The first-order valence-corrected chi connectivity index (χ1v) is 8.66. The van der Waals surface area contributed by atoms with Gasteiger partial charge in [0, 0.05) is 11.3 Å². The summed E-state index contributed by atoms with van der Waals surface area (Å²) in [5.41, 5.74) is 0.875. The van der Waals surface area contributed by atoms with Crippen LogP contribution in [0.2, 0.25) is 0 Å². The fourth-order valence-electron chi connectivity index (χ4n) is 6.30. The Balaban J connectivity index is 1.76. The van der Waals surface area contributed by atoms with Crippen LogP contribution >= 0.6 is 0 Å². The molecule has 0 saturated heterocycles. The van der Waals surface area contributed by atoms with Crippen molar-refractivity contribution in [2.75, 3.05) is 0 Å². The van der Waals surface area contributed by atoms with E-state index in [0.29, 0.717) is 18.3 Å². The molecular weight excluding hydrogens is 276 g/mol. The number of rotatable bonds is 0. The Morgan fingerprint density at radius 1 is 1.18 bits per heavy atom. The summed E-state index contributed by atoms with van der Waals surface area (Å²) in [7, 11) is 0. The molecule has 7 atom stereocenters. The molecule has 0 aromatic carbocycles. The zero-order chi connectivity index (χ0) is 15.7. The highest BCUT2D eigenvalue weighted by atomic mass is 16.3. The Kier molecular flexibility index (Phi) is 3.03. The van der Waals surface area contributed by atoms with Crippen molar-refractivity contribution >= 4 is 5.78 Å². The SMILES string of the molecule is CC12C=CC(=O)C=C1CCC1C2C(O)CC2(C)C(O)CCC12. The molecule has 0 aromatic rings. The van der Waals surface area contributed by atoms with Crippen molar-refractivity contribution in [1.82, 2.24) is 0 Å². The molecule has 22 heavy (non-hydrogen) atoms.